The Balaban J connectivity index is 1.39. The number of benzene rings is 1. The van der Waals surface area contributed by atoms with Crippen molar-refractivity contribution < 1.29 is 14.3 Å². The Morgan fingerprint density at radius 3 is 2.88 bits per heavy atom. The van der Waals surface area contributed by atoms with Crippen molar-refractivity contribution in [2.24, 2.45) is 5.92 Å². The highest BCUT2D eigenvalue weighted by Gasteiger charge is 2.28. The lowest BCUT2D eigenvalue weighted by Gasteiger charge is -2.22. The summed E-state index contributed by atoms with van der Waals surface area (Å²) in [7, 11) is 0. The van der Waals surface area contributed by atoms with Crippen LogP contribution in [0.25, 0.3) is 11.1 Å². The molecule has 0 saturated carbocycles. The van der Waals surface area contributed by atoms with E-state index in [1.54, 1.807) is 11.3 Å². The third-order valence-electron chi connectivity index (χ3n) is 4.80. The summed E-state index contributed by atoms with van der Waals surface area (Å²) in [5.74, 6) is 0.921. The number of carbonyl (C=O) groups is 1. The predicted molar refractivity (Wildman–Crippen MR) is 99.4 cm³/mol. The summed E-state index contributed by atoms with van der Waals surface area (Å²) in [5.41, 5.74) is 3.39. The molecule has 0 radical (unpaired) electrons. The van der Waals surface area contributed by atoms with Gasteiger partial charge in [0.15, 0.2) is 0 Å². The number of amides is 1. The van der Waals surface area contributed by atoms with Crippen molar-refractivity contribution in [3.05, 3.63) is 39.5 Å². The van der Waals surface area contributed by atoms with Gasteiger partial charge in [-0.1, -0.05) is 11.6 Å². The Hall–Kier alpha value is -1.56. The summed E-state index contributed by atoms with van der Waals surface area (Å²) in [5, 5.41) is 7.83. The molecule has 2 aliphatic rings. The first-order chi connectivity index (χ1) is 12.2. The number of hydrogen-bond donors (Lipinski definition) is 1. The molecule has 2 aromatic rings. The zero-order valence-electron chi connectivity index (χ0n) is 13.8. The summed E-state index contributed by atoms with van der Waals surface area (Å²) in [4.78, 5) is 12.3. The zero-order chi connectivity index (χ0) is 17.2. The van der Waals surface area contributed by atoms with Gasteiger partial charge >= 0.3 is 0 Å². The van der Waals surface area contributed by atoms with Gasteiger partial charge in [0, 0.05) is 31.1 Å². The zero-order valence-corrected chi connectivity index (χ0v) is 15.4. The standard InChI is InChI=1S/C19H20ClNO3S/c20-17-9-14(13-3-6-25-11-13)7-15-8-16(24-18(15)17)10-21-19(22)12-1-4-23-5-2-12/h3,6-7,9,11-12,16H,1-2,4-5,8,10H2,(H,21,22). The summed E-state index contributed by atoms with van der Waals surface area (Å²) < 4.78 is 11.3. The first-order valence-corrected chi connectivity index (χ1v) is 9.90. The highest BCUT2D eigenvalue weighted by Crippen LogP contribution is 2.39. The fourth-order valence-electron chi connectivity index (χ4n) is 3.42. The van der Waals surface area contributed by atoms with Crippen LogP contribution in [0, 0.1) is 5.92 Å². The average Bonchev–Trinajstić information content (AvgIpc) is 3.30. The van der Waals surface area contributed by atoms with E-state index in [2.05, 4.69) is 28.2 Å². The Morgan fingerprint density at radius 1 is 1.28 bits per heavy atom. The van der Waals surface area contributed by atoms with Gasteiger partial charge in [-0.2, -0.15) is 11.3 Å². The minimum absolute atomic E-state index is 0.0611. The van der Waals surface area contributed by atoms with Gasteiger partial charge in [0.25, 0.3) is 0 Å². The Morgan fingerprint density at radius 2 is 2.12 bits per heavy atom. The van der Waals surface area contributed by atoms with Crippen molar-refractivity contribution in [2.45, 2.75) is 25.4 Å². The van der Waals surface area contributed by atoms with Crippen molar-refractivity contribution in [2.75, 3.05) is 19.8 Å². The Kier molecular flexibility index (Phi) is 4.97. The molecular weight excluding hydrogens is 358 g/mol. The summed E-state index contributed by atoms with van der Waals surface area (Å²) in [6.07, 6.45) is 2.30. The van der Waals surface area contributed by atoms with Crippen molar-refractivity contribution in [1.29, 1.82) is 0 Å². The number of carbonyl (C=O) groups excluding carboxylic acids is 1. The third kappa shape index (κ3) is 3.68. The van der Waals surface area contributed by atoms with E-state index >= 15 is 0 Å². The van der Waals surface area contributed by atoms with Gasteiger partial charge in [-0.3, -0.25) is 4.79 Å². The molecule has 1 saturated heterocycles. The molecule has 4 nitrogen and oxygen atoms in total. The minimum atomic E-state index is -0.0611. The molecule has 6 heteroatoms. The molecule has 0 bridgehead atoms. The van der Waals surface area contributed by atoms with Crippen LogP contribution < -0.4 is 10.1 Å². The number of thiophene rings is 1. The van der Waals surface area contributed by atoms with Crippen LogP contribution >= 0.6 is 22.9 Å². The van der Waals surface area contributed by atoms with E-state index in [9.17, 15) is 4.79 Å². The van der Waals surface area contributed by atoms with E-state index in [-0.39, 0.29) is 17.9 Å². The maximum absolute atomic E-state index is 12.3. The summed E-state index contributed by atoms with van der Waals surface area (Å²) in [6.45, 7) is 1.85. The van der Waals surface area contributed by atoms with Crippen LogP contribution in [0.3, 0.4) is 0 Å². The van der Waals surface area contributed by atoms with Crippen LogP contribution in [0.2, 0.25) is 5.02 Å². The van der Waals surface area contributed by atoms with Crippen molar-refractivity contribution in [1.82, 2.24) is 5.32 Å². The number of rotatable bonds is 4. The topological polar surface area (TPSA) is 47.6 Å². The third-order valence-corrected chi connectivity index (χ3v) is 5.77. The normalized spacial score (nSPS) is 20.1. The van der Waals surface area contributed by atoms with E-state index in [0.29, 0.717) is 24.8 Å². The van der Waals surface area contributed by atoms with Gasteiger partial charge < -0.3 is 14.8 Å². The second kappa shape index (κ2) is 7.36. The fourth-order valence-corrected chi connectivity index (χ4v) is 4.36. The molecule has 1 fully saturated rings. The highest BCUT2D eigenvalue weighted by molar-refractivity contribution is 7.08. The first kappa shape index (κ1) is 16.9. The van der Waals surface area contributed by atoms with Crippen LogP contribution in [0.4, 0.5) is 0 Å². The summed E-state index contributed by atoms with van der Waals surface area (Å²) in [6, 6.07) is 6.18. The lowest BCUT2D eigenvalue weighted by Crippen LogP contribution is -2.39. The maximum atomic E-state index is 12.3. The number of halogens is 1. The molecule has 2 aliphatic heterocycles. The Labute approximate surface area is 156 Å². The van der Waals surface area contributed by atoms with Gasteiger partial charge in [0.1, 0.15) is 11.9 Å². The van der Waals surface area contributed by atoms with Crippen molar-refractivity contribution in [3.8, 4) is 16.9 Å². The molecule has 1 unspecified atom stereocenters. The molecule has 1 aromatic carbocycles. The lowest BCUT2D eigenvalue weighted by atomic mass is 9.99. The second-order valence-electron chi connectivity index (χ2n) is 6.53. The van der Waals surface area contributed by atoms with Gasteiger partial charge in [-0.25, -0.2) is 0 Å². The van der Waals surface area contributed by atoms with E-state index < -0.39 is 0 Å². The number of ether oxygens (including phenoxy) is 2. The molecule has 1 amide bonds. The molecule has 25 heavy (non-hydrogen) atoms. The van der Waals surface area contributed by atoms with Crippen LogP contribution in [-0.4, -0.2) is 31.8 Å². The molecule has 0 spiro atoms. The molecule has 3 heterocycles. The number of hydrogen-bond acceptors (Lipinski definition) is 4. The highest BCUT2D eigenvalue weighted by atomic mass is 35.5. The fraction of sp³-hybridized carbons (Fsp3) is 0.421. The molecule has 132 valence electrons. The smallest absolute Gasteiger partial charge is 0.223 e. The second-order valence-corrected chi connectivity index (χ2v) is 7.72. The van der Waals surface area contributed by atoms with Crippen LogP contribution in [-0.2, 0) is 16.0 Å². The van der Waals surface area contributed by atoms with Gasteiger partial charge in [0.2, 0.25) is 5.91 Å². The van der Waals surface area contributed by atoms with Gasteiger partial charge in [0.05, 0.1) is 11.6 Å². The van der Waals surface area contributed by atoms with Crippen molar-refractivity contribution >= 4 is 28.8 Å². The molecule has 0 aliphatic carbocycles. The molecule has 1 atom stereocenters. The van der Waals surface area contributed by atoms with Gasteiger partial charge in [-0.15, -0.1) is 0 Å². The maximum Gasteiger partial charge on any atom is 0.223 e. The molecular formula is C19H20ClNO3S. The number of nitrogens with one attached hydrogen (secondary N) is 1. The lowest BCUT2D eigenvalue weighted by molar-refractivity contribution is -0.128. The number of fused-ring (bicyclic) bond motifs is 1. The van der Waals surface area contributed by atoms with Crippen LogP contribution in [0.15, 0.2) is 29.0 Å². The van der Waals surface area contributed by atoms with Gasteiger partial charge in [-0.05, 0) is 52.9 Å². The average molecular weight is 378 g/mol. The quantitative estimate of drug-likeness (QED) is 0.878. The molecule has 1 N–H and O–H groups in total. The van der Waals surface area contributed by atoms with E-state index in [1.807, 2.05) is 6.07 Å². The van der Waals surface area contributed by atoms with E-state index in [1.165, 1.54) is 5.56 Å². The Bertz CT molecular complexity index is 756. The van der Waals surface area contributed by atoms with Crippen LogP contribution in [0.1, 0.15) is 18.4 Å². The largest absolute Gasteiger partial charge is 0.486 e. The SMILES string of the molecule is O=C(NCC1Cc2cc(-c3ccsc3)cc(Cl)c2O1)C1CCOCC1. The van der Waals surface area contributed by atoms with Crippen LogP contribution in [0.5, 0.6) is 5.75 Å². The first-order valence-electron chi connectivity index (χ1n) is 8.58. The molecule has 4 rings (SSSR count). The van der Waals surface area contributed by atoms with E-state index in [0.717, 1.165) is 36.1 Å². The minimum Gasteiger partial charge on any atom is -0.486 e. The predicted octanol–water partition coefficient (Wildman–Crippen LogP) is 3.91. The monoisotopic (exact) mass is 377 g/mol. The molecule has 1 aromatic heterocycles. The summed E-state index contributed by atoms with van der Waals surface area (Å²) >= 11 is 8.09. The van der Waals surface area contributed by atoms with Crippen molar-refractivity contribution in [3.63, 3.8) is 0 Å². The van der Waals surface area contributed by atoms with E-state index in [4.69, 9.17) is 21.1 Å².